The van der Waals surface area contributed by atoms with Crippen LogP contribution in [-0.2, 0) is 13.1 Å². The molecule has 2 aliphatic heterocycles. The van der Waals surface area contributed by atoms with E-state index in [2.05, 4.69) is 53.7 Å². The molecule has 2 bridgehead atoms. The highest BCUT2D eigenvalue weighted by Gasteiger charge is 2.30. The summed E-state index contributed by atoms with van der Waals surface area (Å²) in [7, 11) is -1.29. The van der Waals surface area contributed by atoms with Gasteiger partial charge in [-0.15, -0.1) is 0 Å². The van der Waals surface area contributed by atoms with Crippen LogP contribution in [0.1, 0.15) is 21.5 Å². The maximum Gasteiger partial charge on any atom is 0.150 e. The molecule has 23 heavy (non-hydrogen) atoms. The highest BCUT2D eigenvalue weighted by atomic mass is 28.3. The van der Waals surface area contributed by atoms with Crippen LogP contribution >= 0.6 is 0 Å². The van der Waals surface area contributed by atoms with Gasteiger partial charge in [0.05, 0.1) is 14.7 Å². The van der Waals surface area contributed by atoms with Crippen molar-refractivity contribution in [2.75, 3.05) is 16.5 Å². The van der Waals surface area contributed by atoms with Crippen molar-refractivity contribution >= 4 is 30.9 Å². The molecule has 0 aromatic heterocycles. The number of nitrogens with zero attached hydrogens (tertiary/aromatic N) is 2. The predicted octanol–water partition coefficient (Wildman–Crippen LogP) is 3.34. The van der Waals surface area contributed by atoms with Crippen molar-refractivity contribution in [3.8, 4) is 0 Å². The van der Waals surface area contributed by atoms with Crippen LogP contribution in [0.15, 0.2) is 36.4 Å². The molecule has 0 unspecified atom stereocenters. The second-order valence-corrected chi connectivity index (χ2v) is 12.7. The Morgan fingerprint density at radius 3 is 2.13 bits per heavy atom. The third-order valence-electron chi connectivity index (χ3n) is 4.93. The van der Waals surface area contributed by atoms with E-state index in [1.54, 1.807) is 0 Å². The lowest BCUT2D eigenvalue weighted by Gasteiger charge is -2.45. The van der Waals surface area contributed by atoms with E-state index in [1.807, 2.05) is 12.1 Å². The summed E-state index contributed by atoms with van der Waals surface area (Å²) >= 11 is 0. The minimum absolute atomic E-state index is 0.764. The van der Waals surface area contributed by atoms with Crippen LogP contribution in [0, 0.1) is 0 Å². The number of carbonyl (C=O) groups excluding carboxylic acids is 1. The maximum atomic E-state index is 11.0. The number of aldehydes is 1. The summed E-state index contributed by atoms with van der Waals surface area (Å²) in [5.41, 5.74) is 6.07. The lowest BCUT2D eigenvalue weighted by molar-refractivity contribution is 0.112. The third kappa shape index (κ3) is 2.38. The van der Waals surface area contributed by atoms with E-state index >= 15 is 0 Å². The van der Waals surface area contributed by atoms with Gasteiger partial charge >= 0.3 is 0 Å². The lowest BCUT2D eigenvalue weighted by Crippen LogP contribution is -2.47. The van der Waals surface area contributed by atoms with E-state index in [1.165, 1.54) is 27.7 Å². The van der Waals surface area contributed by atoms with Crippen LogP contribution in [0.2, 0.25) is 19.6 Å². The van der Waals surface area contributed by atoms with Crippen LogP contribution in [0.4, 0.5) is 11.4 Å². The van der Waals surface area contributed by atoms with Gasteiger partial charge in [-0.1, -0.05) is 37.0 Å². The molecule has 0 saturated heterocycles. The van der Waals surface area contributed by atoms with Gasteiger partial charge < -0.3 is 9.80 Å². The third-order valence-corrected chi connectivity index (χ3v) is 6.97. The van der Waals surface area contributed by atoms with Crippen molar-refractivity contribution in [2.45, 2.75) is 32.7 Å². The van der Waals surface area contributed by atoms with Crippen molar-refractivity contribution in [3.63, 3.8) is 0 Å². The quantitative estimate of drug-likeness (QED) is 0.626. The summed E-state index contributed by atoms with van der Waals surface area (Å²) in [6.45, 7) is 9.97. The van der Waals surface area contributed by atoms with Crippen LogP contribution in [0.5, 0.6) is 0 Å². The fraction of sp³-hybridized carbons (Fsp3) is 0.316. The summed E-state index contributed by atoms with van der Waals surface area (Å²) in [5, 5.41) is 1.52. The fourth-order valence-corrected chi connectivity index (χ4v) is 4.83. The van der Waals surface area contributed by atoms with Crippen LogP contribution < -0.4 is 15.0 Å². The monoisotopic (exact) mass is 322 g/mol. The largest absolute Gasteiger partial charge is 0.349 e. The number of benzene rings is 2. The van der Waals surface area contributed by atoms with E-state index in [-0.39, 0.29) is 0 Å². The minimum atomic E-state index is -1.29. The van der Waals surface area contributed by atoms with Crippen LogP contribution in [-0.4, -0.2) is 21.0 Å². The molecule has 2 aromatic carbocycles. The van der Waals surface area contributed by atoms with Gasteiger partial charge in [-0.05, 0) is 35.4 Å². The van der Waals surface area contributed by atoms with Gasteiger partial charge in [0, 0.05) is 30.0 Å². The second-order valence-electron chi connectivity index (χ2n) is 7.64. The molecule has 2 aromatic rings. The van der Waals surface area contributed by atoms with E-state index in [0.29, 0.717) is 0 Å². The first kappa shape index (κ1) is 14.5. The molecule has 0 fully saturated rings. The topological polar surface area (TPSA) is 23.6 Å². The van der Waals surface area contributed by atoms with Gasteiger partial charge in [0.15, 0.2) is 0 Å². The van der Waals surface area contributed by atoms with Gasteiger partial charge in [-0.3, -0.25) is 4.79 Å². The molecule has 0 N–H and O–H groups in total. The zero-order valence-corrected chi connectivity index (χ0v) is 15.0. The second kappa shape index (κ2) is 4.96. The van der Waals surface area contributed by atoms with Crippen LogP contribution in [0.25, 0.3) is 0 Å². The molecule has 0 atom stereocenters. The predicted molar refractivity (Wildman–Crippen MR) is 98.5 cm³/mol. The van der Waals surface area contributed by atoms with Gasteiger partial charge in [0.25, 0.3) is 0 Å². The Hall–Kier alpha value is -2.07. The van der Waals surface area contributed by atoms with Crippen molar-refractivity contribution in [1.82, 2.24) is 0 Å². The summed E-state index contributed by atoms with van der Waals surface area (Å²) in [6.07, 6.45) is 0.934. The zero-order valence-electron chi connectivity index (χ0n) is 14.0. The number of hydrogen-bond acceptors (Lipinski definition) is 3. The Morgan fingerprint density at radius 2 is 1.52 bits per heavy atom. The zero-order chi connectivity index (χ0) is 16.2. The van der Waals surface area contributed by atoms with E-state index in [0.717, 1.165) is 31.6 Å². The molecule has 0 spiro atoms. The first-order valence-corrected chi connectivity index (χ1v) is 11.7. The summed E-state index contributed by atoms with van der Waals surface area (Å²) in [5.74, 6) is 0. The van der Waals surface area contributed by atoms with E-state index in [9.17, 15) is 4.79 Å². The molecule has 3 nitrogen and oxygen atoms in total. The molecular formula is C19H22N2OSi. The lowest BCUT2D eigenvalue weighted by atomic mass is 10.0. The van der Waals surface area contributed by atoms with Gasteiger partial charge in [-0.2, -0.15) is 0 Å². The molecule has 0 amide bonds. The summed E-state index contributed by atoms with van der Waals surface area (Å²) in [4.78, 5) is 15.9. The first-order chi connectivity index (χ1) is 11.0. The highest BCUT2D eigenvalue weighted by molar-refractivity contribution is 6.88. The maximum absolute atomic E-state index is 11.0. The standard InChI is InChI=1S/C19H22N2OSi/c1-23(2,3)17-5-7-19-16(9-17)11-21-13-20(19)10-15-8-14(12-22)4-6-18(15)21/h4-9,12H,10-11,13H2,1-3H3. The molecule has 0 aliphatic carbocycles. The average molecular weight is 322 g/mol. The van der Waals surface area contributed by atoms with Crippen molar-refractivity contribution in [3.05, 3.63) is 53.1 Å². The SMILES string of the molecule is C[Si](C)(C)c1ccc2c(c1)CN1CN2Cc2cc(C=O)ccc21. The number of hydrogen-bond donors (Lipinski definition) is 0. The van der Waals surface area contributed by atoms with Gasteiger partial charge in [0.1, 0.15) is 6.29 Å². The minimum Gasteiger partial charge on any atom is -0.349 e. The van der Waals surface area contributed by atoms with E-state index in [4.69, 9.17) is 0 Å². The molecule has 0 radical (unpaired) electrons. The van der Waals surface area contributed by atoms with Crippen molar-refractivity contribution in [2.24, 2.45) is 0 Å². The fourth-order valence-electron chi connectivity index (χ4n) is 3.64. The Kier molecular flexibility index (Phi) is 3.13. The molecule has 2 heterocycles. The molecule has 118 valence electrons. The number of rotatable bonds is 2. The summed E-state index contributed by atoms with van der Waals surface area (Å²) in [6, 6.07) is 13.1. The number of fused-ring (bicyclic) bond motifs is 6. The van der Waals surface area contributed by atoms with Crippen LogP contribution in [0.3, 0.4) is 0 Å². The van der Waals surface area contributed by atoms with E-state index < -0.39 is 8.07 Å². The molecule has 0 saturated carbocycles. The molecular weight excluding hydrogens is 300 g/mol. The first-order valence-electron chi connectivity index (χ1n) is 8.17. The Bertz CT molecular complexity index is 794. The van der Waals surface area contributed by atoms with Gasteiger partial charge in [0.2, 0.25) is 0 Å². The molecule has 4 heteroatoms. The molecule has 2 aliphatic rings. The average Bonchev–Trinajstić information content (AvgIpc) is 2.53. The normalized spacial score (nSPS) is 16.0. The Balaban J connectivity index is 1.76. The van der Waals surface area contributed by atoms with Gasteiger partial charge in [-0.25, -0.2) is 0 Å². The summed E-state index contributed by atoms with van der Waals surface area (Å²) < 4.78 is 0. The number of carbonyl (C=O) groups is 1. The smallest absolute Gasteiger partial charge is 0.150 e. The highest BCUT2D eigenvalue weighted by Crippen LogP contribution is 2.37. The number of anilines is 2. The Labute approximate surface area is 138 Å². The van der Waals surface area contributed by atoms with Crippen molar-refractivity contribution < 1.29 is 4.79 Å². The van der Waals surface area contributed by atoms with Crippen molar-refractivity contribution in [1.29, 1.82) is 0 Å². The Morgan fingerprint density at radius 1 is 0.913 bits per heavy atom. The molecule has 4 rings (SSSR count).